The highest BCUT2D eigenvalue weighted by Gasteiger charge is 2.18. The van der Waals surface area contributed by atoms with Crippen molar-refractivity contribution in [2.45, 2.75) is 13.0 Å². The Morgan fingerprint density at radius 3 is 3.00 bits per heavy atom. The third-order valence-electron chi connectivity index (χ3n) is 4.35. The standard InChI is InChI=1S/C17H20N6O2/c1-11-13(9-21-23(11)2)14-7-15-16(20-4-3-19-15)17(22-14)25-10-12-8-18-5-6-24-12/h3-4,7,9,12,18H,5-6,8,10H2,1-2H3/t12-/m0/s1. The van der Waals surface area contributed by atoms with Crippen molar-refractivity contribution in [3.05, 3.63) is 30.4 Å². The second-order valence-corrected chi connectivity index (χ2v) is 6.01. The highest BCUT2D eigenvalue weighted by atomic mass is 16.5. The fourth-order valence-electron chi connectivity index (χ4n) is 2.83. The molecule has 1 aliphatic heterocycles. The zero-order valence-corrected chi connectivity index (χ0v) is 14.3. The largest absolute Gasteiger partial charge is 0.473 e. The van der Waals surface area contributed by atoms with Gasteiger partial charge in [0.15, 0.2) is 5.52 Å². The number of hydrogen-bond acceptors (Lipinski definition) is 7. The van der Waals surface area contributed by atoms with Gasteiger partial charge in [0.2, 0.25) is 5.88 Å². The molecule has 0 aliphatic carbocycles. The molecule has 4 heterocycles. The Labute approximate surface area is 145 Å². The van der Waals surface area contributed by atoms with E-state index in [0.717, 1.165) is 35.6 Å². The van der Waals surface area contributed by atoms with Gasteiger partial charge in [0, 0.05) is 43.8 Å². The molecule has 0 spiro atoms. The SMILES string of the molecule is Cc1c(-c2cc3nccnc3c(OC[C@@H]3CNCCO3)n2)cnn1C. The van der Waals surface area contributed by atoms with Gasteiger partial charge in [-0.1, -0.05) is 0 Å². The lowest BCUT2D eigenvalue weighted by atomic mass is 10.1. The first kappa shape index (κ1) is 15.9. The summed E-state index contributed by atoms with van der Waals surface area (Å²) in [5, 5.41) is 7.58. The number of morpholine rings is 1. The van der Waals surface area contributed by atoms with Crippen LogP contribution in [0.2, 0.25) is 0 Å². The maximum atomic E-state index is 5.96. The van der Waals surface area contributed by atoms with E-state index in [9.17, 15) is 0 Å². The molecule has 1 fully saturated rings. The highest BCUT2D eigenvalue weighted by molar-refractivity contribution is 5.83. The summed E-state index contributed by atoms with van der Waals surface area (Å²) in [6.07, 6.45) is 5.12. The fraction of sp³-hybridized carbons (Fsp3) is 0.412. The molecule has 130 valence electrons. The molecule has 1 saturated heterocycles. The summed E-state index contributed by atoms with van der Waals surface area (Å²) in [5.41, 5.74) is 4.15. The lowest BCUT2D eigenvalue weighted by Crippen LogP contribution is -2.41. The Balaban J connectivity index is 1.70. The van der Waals surface area contributed by atoms with E-state index in [4.69, 9.17) is 9.47 Å². The Hall–Kier alpha value is -2.58. The number of ether oxygens (including phenoxy) is 2. The van der Waals surface area contributed by atoms with Crippen LogP contribution in [-0.2, 0) is 11.8 Å². The first-order valence-corrected chi connectivity index (χ1v) is 8.28. The van der Waals surface area contributed by atoms with Crippen LogP contribution in [0.15, 0.2) is 24.7 Å². The summed E-state index contributed by atoms with van der Waals surface area (Å²) in [4.78, 5) is 13.5. The minimum Gasteiger partial charge on any atom is -0.473 e. The molecule has 3 aromatic heterocycles. The minimum absolute atomic E-state index is 0.00561. The highest BCUT2D eigenvalue weighted by Crippen LogP contribution is 2.28. The van der Waals surface area contributed by atoms with E-state index in [-0.39, 0.29) is 6.10 Å². The van der Waals surface area contributed by atoms with Crippen LogP contribution < -0.4 is 10.1 Å². The van der Waals surface area contributed by atoms with Gasteiger partial charge in [-0.05, 0) is 13.0 Å². The number of hydrogen-bond donors (Lipinski definition) is 1. The molecule has 8 heteroatoms. The lowest BCUT2D eigenvalue weighted by Gasteiger charge is -2.23. The smallest absolute Gasteiger partial charge is 0.242 e. The zero-order valence-electron chi connectivity index (χ0n) is 14.3. The molecule has 0 unspecified atom stereocenters. The van der Waals surface area contributed by atoms with Crippen molar-refractivity contribution < 1.29 is 9.47 Å². The Morgan fingerprint density at radius 1 is 1.36 bits per heavy atom. The van der Waals surface area contributed by atoms with Gasteiger partial charge in [0.05, 0.1) is 24.0 Å². The average Bonchev–Trinajstić information content (AvgIpc) is 2.99. The molecule has 0 aromatic carbocycles. The molecule has 0 amide bonds. The van der Waals surface area contributed by atoms with Crippen molar-refractivity contribution in [3.63, 3.8) is 0 Å². The molecular weight excluding hydrogens is 320 g/mol. The lowest BCUT2D eigenvalue weighted by molar-refractivity contribution is -0.000407. The van der Waals surface area contributed by atoms with Crippen molar-refractivity contribution in [1.29, 1.82) is 0 Å². The van der Waals surface area contributed by atoms with Crippen LogP contribution in [-0.4, -0.2) is 57.1 Å². The monoisotopic (exact) mass is 340 g/mol. The van der Waals surface area contributed by atoms with E-state index in [1.54, 1.807) is 18.6 Å². The Bertz CT molecular complexity index is 888. The van der Waals surface area contributed by atoms with Crippen LogP contribution in [0.5, 0.6) is 5.88 Å². The van der Waals surface area contributed by atoms with E-state index < -0.39 is 0 Å². The summed E-state index contributed by atoms with van der Waals surface area (Å²) in [6, 6.07) is 1.91. The van der Waals surface area contributed by atoms with Gasteiger partial charge >= 0.3 is 0 Å². The fourth-order valence-corrected chi connectivity index (χ4v) is 2.83. The first-order chi connectivity index (χ1) is 12.2. The zero-order chi connectivity index (χ0) is 17.2. The van der Waals surface area contributed by atoms with Gasteiger partial charge in [-0.25, -0.2) is 9.97 Å². The predicted molar refractivity (Wildman–Crippen MR) is 92.4 cm³/mol. The number of pyridine rings is 1. The third-order valence-corrected chi connectivity index (χ3v) is 4.35. The van der Waals surface area contributed by atoms with Gasteiger partial charge < -0.3 is 14.8 Å². The molecule has 0 radical (unpaired) electrons. The number of fused-ring (bicyclic) bond motifs is 1. The third kappa shape index (κ3) is 3.18. The van der Waals surface area contributed by atoms with Crippen molar-refractivity contribution >= 4 is 11.0 Å². The van der Waals surface area contributed by atoms with Gasteiger partial charge in [0.25, 0.3) is 0 Å². The average molecular weight is 340 g/mol. The molecule has 3 aromatic rings. The molecular formula is C17H20N6O2. The quantitative estimate of drug-likeness (QED) is 0.761. The van der Waals surface area contributed by atoms with E-state index >= 15 is 0 Å². The molecule has 1 N–H and O–H groups in total. The van der Waals surface area contributed by atoms with Crippen LogP contribution in [0.4, 0.5) is 0 Å². The van der Waals surface area contributed by atoms with Crippen molar-refractivity contribution in [2.75, 3.05) is 26.3 Å². The molecule has 8 nitrogen and oxygen atoms in total. The second-order valence-electron chi connectivity index (χ2n) is 6.01. The Kier molecular flexibility index (Phi) is 4.29. The molecule has 1 atom stereocenters. The van der Waals surface area contributed by atoms with Gasteiger partial charge in [-0.3, -0.25) is 9.67 Å². The van der Waals surface area contributed by atoms with Crippen LogP contribution in [0, 0.1) is 6.92 Å². The van der Waals surface area contributed by atoms with E-state index in [1.165, 1.54) is 0 Å². The molecule has 0 bridgehead atoms. The number of aromatic nitrogens is 5. The number of aryl methyl sites for hydroxylation is 1. The number of nitrogens with one attached hydrogen (secondary N) is 1. The van der Waals surface area contributed by atoms with Crippen molar-refractivity contribution in [1.82, 2.24) is 30.0 Å². The van der Waals surface area contributed by atoms with E-state index in [0.29, 0.717) is 24.6 Å². The molecule has 0 saturated carbocycles. The van der Waals surface area contributed by atoms with Crippen LogP contribution in [0.25, 0.3) is 22.3 Å². The molecule has 4 rings (SSSR count). The van der Waals surface area contributed by atoms with Crippen LogP contribution >= 0.6 is 0 Å². The van der Waals surface area contributed by atoms with Gasteiger partial charge in [-0.15, -0.1) is 0 Å². The summed E-state index contributed by atoms with van der Waals surface area (Å²) in [5.74, 6) is 0.470. The summed E-state index contributed by atoms with van der Waals surface area (Å²) < 4.78 is 13.5. The summed E-state index contributed by atoms with van der Waals surface area (Å²) in [6.45, 7) is 4.76. The van der Waals surface area contributed by atoms with E-state index in [1.807, 2.05) is 24.7 Å². The Morgan fingerprint density at radius 2 is 2.24 bits per heavy atom. The van der Waals surface area contributed by atoms with Crippen molar-refractivity contribution in [3.8, 4) is 17.1 Å². The van der Waals surface area contributed by atoms with Crippen LogP contribution in [0.1, 0.15) is 5.69 Å². The molecule has 1 aliphatic rings. The van der Waals surface area contributed by atoms with E-state index in [2.05, 4.69) is 25.4 Å². The number of nitrogens with zero attached hydrogens (tertiary/aromatic N) is 5. The minimum atomic E-state index is 0.00561. The van der Waals surface area contributed by atoms with Crippen molar-refractivity contribution in [2.24, 2.45) is 7.05 Å². The summed E-state index contributed by atoms with van der Waals surface area (Å²) >= 11 is 0. The molecule has 25 heavy (non-hydrogen) atoms. The number of rotatable bonds is 4. The maximum absolute atomic E-state index is 5.96. The predicted octanol–water partition coefficient (Wildman–Crippen LogP) is 1.10. The van der Waals surface area contributed by atoms with Gasteiger partial charge in [-0.2, -0.15) is 5.10 Å². The van der Waals surface area contributed by atoms with Gasteiger partial charge in [0.1, 0.15) is 12.7 Å². The summed E-state index contributed by atoms with van der Waals surface area (Å²) in [7, 11) is 1.91. The normalized spacial score (nSPS) is 17.8. The first-order valence-electron chi connectivity index (χ1n) is 8.28. The van der Waals surface area contributed by atoms with Crippen LogP contribution in [0.3, 0.4) is 0 Å². The maximum Gasteiger partial charge on any atom is 0.242 e. The second kappa shape index (κ2) is 6.73. The topological polar surface area (TPSA) is 87.0 Å².